The van der Waals surface area contributed by atoms with Crippen LogP contribution in [0.4, 0.5) is 10.5 Å². The summed E-state index contributed by atoms with van der Waals surface area (Å²) >= 11 is 12.0. The molecule has 3 nitrogen and oxygen atoms in total. The van der Waals surface area contributed by atoms with Gasteiger partial charge >= 0.3 is 6.03 Å². The molecule has 0 atom stereocenters. The van der Waals surface area contributed by atoms with E-state index in [1.54, 1.807) is 18.2 Å². The number of amides is 2. The highest BCUT2D eigenvalue weighted by Gasteiger charge is 2.50. The Balaban J connectivity index is 1.36. The lowest BCUT2D eigenvalue weighted by Gasteiger charge is -2.56. The molecule has 0 spiro atoms. The van der Waals surface area contributed by atoms with Gasteiger partial charge in [0.15, 0.2) is 0 Å². The molecular formula is C18H22Cl2N2O. The van der Waals surface area contributed by atoms with Crippen LogP contribution < -0.4 is 10.6 Å². The Labute approximate surface area is 147 Å². The normalized spacial score (nSPS) is 34.4. The van der Waals surface area contributed by atoms with Crippen LogP contribution in [0.1, 0.15) is 38.5 Å². The van der Waals surface area contributed by atoms with Crippen molar-refractivity contribution in [3.63, 3.8) is 0 Å². The van der Waals surface area contributed by atoms with Crippen molar-refractivity contribution in [1.82, 2.24) is 5.32 Å². The molecule has 4 saturated carbocycles. The summed E-state index contributed by atoms with van der Waals surface area (Å²) in [4.78, 5) is 12.2. The van der Waals surface area contributed by atoms with Gasteiger partial charge < -0.3 is 10.6 Å². The number of carbonyl (C=O) groups is 1. The Bertz CT molecular complexity index is 596. The zero-order chi connectivity index (χ0) is 16.0. The first-order valence-electron chi connectivity index (χ1n) is 8.51. The fraction of sp³-hybridized carbons (Fsp3) is 0.611. The van der Waals surface area contributed by atoms with E-state index in [-0.39, 0.29) is 6.03 Å². The van der Waals surface area contributed by atoms with Gasteiger partial charge in [-0.05, 0) is 79.9 Å². The van der Waals surface area contributed by atoms with Gasteiger partial charge in [0.2, 0.25) is 0 Å². The number of hydrogen-bond acceptors (Lipinski definition) is 1. The molecule has 5 rings (SSSR count). The van der Waals surface area contributed by atoms with Crippen LogP contribution in [-0.2, 0) is 0 Å². The molecule has 4 fully saturated rings. The van der Waals surface area contributed by atoms with Crippen LogP contribution in [0.5, 0.6) is 0 Å². The van der Waals surface area contributed by atoms with Crippen LogP contribution in [0.3, 0.4) is 0 Å². The lowest BCUT2D eigenvalue weighted by atomic mass is 9.49. The molecule has 2 amide bonds. The Hall–Kier alpha value is -0.930. The number of nitrogens with one attached hydrogen (secondary N) is 2. The molecule has 5 heteroatoms. The van der Waals surface area contributed by atoms with Gasteiger partial charge in [-0.15, -0.1) is 0 Å². The lowest BCUT2D eigenvalue weighted by molar-refractivity contribution is -0.0496. The zero-order valence-corrected chi connectivity index (χ0v) is 14.6. The standard InChI is InChI=1S/C18H22Cl2N2O/c19-14-1-2-16(15(20)6-14)22-17(23)21-10-18-7-11-3-12(8-18)5-13(4-11)9-18/h1-2,6,11-13H,3-5,7-10H2,(H2,21,22,23). The number of rotatable bonds is 3. The van der Waals surface area contributed by atoms with Gasteiger partial charge in [0.25, 0.3) is 0 Å². The van der Waals surface area contributed by atoms with Crippen LogP contribution >= 0.6 is 23.2 Å². The SMILES string of the molecule is O=C(NCC12CC3CC(CC(C3)C1)C2)Nc1ccc(Cl)cc1Cl. The predicted molar refractivity (Wildman–Crippen MR) is 94.1 cm³/mol. The molecule has 23 heavy (non-hydrogen) atoms. The molecule has 0 unspecified atom stereocenters. The molecule has 0 saturated heterocycles. The first-order valence-corrected chi connectivity index (χ1v) is 9.27. The van der Waals surface area contributed by atoms with Crippen molar-refractivity contribution in [2.45, 2.75) is 38.5 Å². The zero-order valence-electron chi connectivity index (χ0n) is 13.1. The van der Waals surface area contributed by atoms with Gasteiger partial charge in [0.05, 0.1) is 10.7 Å². The van der Waals surface area contributed by atoms with Crippen molar-refractivity contribution in [1.29, 1.82) is 0 Å². The van der Waals surface area contributed by atoms with Gasteiger partial charge in [-0.3, -0.25) is 0 Å². The number of benzene rings is 1. The molecule has 0 radical (unpaired) electrons. The first kappa shape index (κ1) is 15.6. The fourth-order valence-electron chi connectivity index (χ4n) is 5.53. The average molecular weight is 353 g/mol. The second-order valence-corrected chi connectivity index (χ2v) is 8.69. The predicted octanol–water partition coefficient (Wildman–Crippen LogP) is 5.33. The molecule has 1 aromatic rings. The molecule has 1 aromatic carbocycles. The molecule has 4 aliphatic rings. The summed E-state index contributed by atoms with van der Waals surface area (Å²) in [5.74, 6) is 2.70. The summed E-state index contributed by atoms with van der Waals surface area (Å²) < 4.78 is 0. The van der Waals surface area contributed by atoms with Gasteiger partial charge in [0.1, 0.15) is 0 Å². The maximum absolute atomic E-state index is 12.2. The number of hydrogen-bond donors (Lipinski definition) is 2. The van der Waals surface area contributed by atoms with E-state index in [2.05, 4.69) is 10.6 Å². The van der Waals surface area contributed by atoms with Crippen LogP contribution in [0, 0.1) is 23.2 Å². The molecule has 0 aliphatic heterocycles. The molecule has 0 heterocycles. The monoisotopic (exact) mass is 352 g/mol. The number of halogens is 2. The Morgan fingerprint density at radius 1 is 1.09 bits per heavy atom. The highest BCUT2D eigenvalue weighted by atomic mass is 35.5. The first-order chi connectivity index (χ1) is 11.0. The van der Waals surface area contributed by atoms with Crippen LogP contribution in [-0.4, -0.2) is 12.6 Å². The van der Waals surface area contributed by atoms with E-state index in [1.807, 2.05) is 0 Å². The Kier molecular flexibility index (Phi) is 3.97. The van der Waals surface area contributed by atoms with Crippen molar-refractivity contribution < 1.29 is 4.79 Å². The van der Waals surface area contributed by atoms with E-state index in [4.69, 9.17) is 23.2 Å². The summed E-state index contributed by atoms with van der Waals surface area (Å²) in [6, 6.07) is 4.92. The third-order valence-electron chi connectivity index (χ3n) is 5.97. The third kappa shape index (κ3) is 3.18. The molecule has 124 valence electrons. The largest absolute Gasteiger partial charge is 0.337 e. The van der Waals surface area contributed by atoms with Gasteiger partial charge in [-0.2, -0.15) is 0 Å². The number of carbonyl (C=O) groups excluding carboxylic acids is 1. The van der Waals surface area contributed by atoms with Crippen molar-refractivity contribution in [3.05, 3.63) is 28.2 Å². The van der Waals surface area contributed by atoms with Crippen molar-refractivity contribution in [2.24, 2.45) is 23.2 Å². The van der Waals surface area contributed by atoms with E-state index < -0.39 is 0 Å². The number of urea groups is 1. The van der Waals surface area contributed by atoms with Crippen molar-refractivity contribution >= 4 is 34.9 Å². The van der Waals surface area contributed by atoms with Crippen LogP contribution in [0.15, 0.2) is 18.2 Å². The number of anilines is 1. The smallest absolute Gasteiger partial charge is 0.319 e. The molecular weight excluding hydrogens is 331 g/mol. The van der Waals surface area contributed by atoms with E-state index in [9.17, 15) is 4.79 Å². The molecule has 4 aliphatic carbocycles. The Morgan fingerprint density at radius 2 is 1.70 bits per heavy atom. The van der Waals surface area contributed by atoms with E-state index in [0.717, 1.165) is 24.3 Å². The van der Waals surface area contributed by atoms with E-state index in [0.29, 0.717) is 21.1 Å². The average Bonchev–Trinajstić information content (AvgIpc) is 2.47. The molecule has 4 bridgehead atoms. The molecule has 2 N–H and O–H groups in total. The van der Waals surface area contributed by atoms with Gasteiger partial charge in [-0.25, -0.2) is 4.79 Å². The minimum Gasteiger partial charge on any atom is -0.337 e. The van der Waals surface area contributed by atoms with E-state index >= 15 is 0 Å². The lowest BCUT2D eigenvalue weighted by Crippen LogP contribution is -2.51. The fourth-order valence-corrected chi connectivity index (χ4v) is 5.99. The molecule has 0 aromatic heterocycles. The topological polar surface area (TPSA) is 41.1 Å². The summed E-state index contributed by atoms with van der Waals surface area (Å²) in [5.41, 5.74) is 0.940. The van der Waals surface area contributed by atoms with Crippen molar-refractivity contribution in [3.8, 4) is 0 Å². The van der Waals surface area contributed by atoms with Crippen molar-refractivity contribution in [2.75, 3.05) is 11.9 Å². The summed E-state index contributed by atoms with van der Waals surface area (Å²) in [7, 11) is 0. The summed E-state index contributed by atoms with van der Waals surface area (Å²) in [5, 5.41) is 6.94. The Morgan fingerprint density at radius 3 is 2.26 bits per heavy atom. The van der Waals surface area contributed by atoms with Gasteiger partial charge in [-0.1, -0.05) is 23.2 Å². The maximum atomic E-state index is 12.2. The second-order valence-electron chi connectivity index (χ2n) is 7.85. The summed E-state index contributed by atoms with van der Waals surface area (Å²) in [6.07, 6.45) is 8.15. The minimum atomic E-state index is -0.176. The van der Waals surface area contributed by atoms with Crippen LogP contribution in [0.2, 0.25) is 10.0 Å². The van der Waals surface area contributed by atoms with E-state index in [1.165, 1.54) is 38.5 Å². The third-order valence-corrected chi connectivity index (χ3v) is 6.52. The minimum absolute atomic E-state index is 0.176. The quantitative estimate of drug-likeness (QED) is 0.757. The summed E-state index contributed by atoms with van der Waals surface area (Å²) in [6.45, 7) is 0.785. The second kappa shape index (κ2) is 5.86. The highest BCUT2D eigenvalue weighted by molar-refractivity contribution is 6.36. The van der Waals surface area contributed by atoms with Gasteiger partial charge in [0, 0.05) is 11.6 Å². The van der Waals surface area contributed by atoms with Crippen LogP contribution in [0.25, 0.3) is 0 Å². The highest BCUT2D eigenvalue weighted by Crippen LogP contribution is 2.59. The maximum Gasteiger partial charge on any atom is 0.319 e.